The van der Waals surface area contributed by atoms with Crippen molar-refractivity contribution in [1.29, 1.82) is 0 Å². The molecule has 2 heteroatoms. The van der Waals surface area contributed by atoms with E-state index in [2.05, 4.69) is 30.9 Å². The highest BCUT2D eigenvalue weighted by Crippen LogP contribution is 2.52. The first kappa shape index (κ1) is 16.4. The van der Waals surface area contributed by atoms with Gasteiger partial charge in [0.15, 0.2) is 0 Å². The fourth-order valence-electron chi connectivity index (χ4n) is 5.96. The molecule has 3 aliphatic rings. The van der Waals surface area contributed by atoms with Gasteiger partial charge >= 0.3 is 0 Å². The third kappa shape index (κ3) is 2.67. The molecule has 2 saturated carbocycles. The molecule has 1 aromatic carbocycles. The van der Waals surface area contributed by atoms with Gasteiger partial charge in [-0.1, -0.05) is 25.3 Å². The third-order valence-electron chi connectivity index (χ3n) is 7.58. The highest BCUT2D eigenvalue weighted by Gasteiger charge is 2.49. The van der Waals surface area contributed by atoms with Gasteiger partial charge < -0.3 is 10.0 Å². The number of rotatable bonds is 3. The molecule has 0 amide bonds. The van der Waals surface area contributed by atoms with Gasteiger partial charge in [0.1, 0.15) is 5.75 Å². The highest BCUT2D eigenvalue weighted by atomic mass is 16.3. The molecular weight excluding hydrogens is 294 g/mol. The Morgan fingerprint density at radius 2 is 1.96 bits per heavy atom. The molecule has 0 radical (unpaired) electrons. The largest absolute Gasteiger partial charge is 0.508 e. The fourth-order valence-corrected chi connectivity index (χ4v) is 5.96. The molecule has 3 fully saturated rings. The number of aromatic hydroxyl groups is 1. The zero-order valence-corrected chi connectivity index (χ0v) is 15.4. The van der Waals surface area contributed by atoms with Crippen molar-refractivity contribution in [3.8, 4) is 5.75 Å². The maximum atomic E-state index is 10.1. The van der Waals surface area contributed by atoms with Gasteiger partial charge in [-0.15, -0.1) is 0 Å². The summed E-state index contributed by atoms with van der Waals surface area (Å²) in [7, 11) is 0. The van der Waals surface area contributed by atoms with Crippen molar-refractivity contribution in [2.45, 2.75) is 76.7 Å². The SMILES string of the molecule is Cc1ccc(O)cc1[C@@]12CCCC[C@H]1[C@@H](C)N(CC1CCC1)CC2. The van der Waals surface area contributed by atoms with Crippen molar-refractivity contribution in [3.05, 3.63) is 29.3 Å². The second-order valence-corrected chi connectivity index (χ2v) is 8.79. The minimum Gasteiger partial charge on any atom is -0.508 e. The molecule has 1 saturated heterocycles. The average molecular weight is 328 g/mol. The predicted molar refractivity (Wildman–Crippen MR) is 99.5 cm³/mol. The molecule has 0 aromatic heterocycles. The maximum absolute atomic E-state index is 10.1. The number of hydrogen-bond donors (Lipinski definition) is 1. The lowest BCUT2D eigenvalue weighted by atomic mass is 9.56. The van der Waals surface area contributed by atoms with E-state index in [-0.39, 0.29) is 0 Å². The first-order chi connectivity index (χ1) is 11.6. The molecule has 1 N–H and O–H groups in total. The van der Waals surface area contributed by atoms with E-state index in [1.54, 1.807) is 0 Å². The first-order valence-electron chi connectivity index (χ1n) is 10.1. The maximum Gasteiger partial charge on any atom is 0.115 e. The van der Waals surface area contributed by atoms with Crippen molar-refractivity contribution in [2.24, 2.45) is 11.8 Å². The summed E-state index contributed by atoms with van der Waals surface area (Å²) in [6, 6.07) is 6.74. The number of phenolic OH excluding ortho intramolecular Hbond substituents is 1. The summed E-state index contributed by atoms with van der Waals surface area (Å²) in [5, 5.41) is 10.1. The molecule has 3 atom stereocenters. The second kappa shape index (κ2) is 6.37. The molecule has 2 nitrogen and oxygen atoms in total. The van der Waals surface area contributed by atoms with Gasteiger partial charge in [-0.3, -0.25) is 0 Å². The minimum atomic E-state index is 0.302. The summed E-state index contributed by atoms with van der Waals surface area (Å²) in [5.41, 5.74) is 3.12. The fraction of sp³-hybridized carbons (Fsp3) is 0.727. The number of likely N-dealkylation sites (tertiary alicyclic amines) is 1. The number of hydrogen-bond acceptors (Lipinski definition) is 2. The van der Waals surface area contributed by atoms with Gasteiger partial charge in [0.2, 0.25) is 0 Å². The Balaban J connectivity index is 1.64. The van der Waals surface area contributed by atoms with Crippen LogP contribution in [0.3, 0.4) is 0 Å². The summed E-state index contributed by atoms with van der Waals surface area (Å²) in [5.74, 6) is 2.16. The quantitative estimate of drug-likeness (QED) is 0.842. The van der Waals surface area contributed by atoms with Crippen LogP contribution in [0.4, 0.5) is 0 Å². The number of piperidine rings is 1. The van der Waals surface area contributed by atoms with E-state index in [4.69, 9.17) is 0 Å². The van der Waals surface area contributed by atoms with Crippen LogP contribution in [0.1, 0.15) is 69.4 Å². The van der Waals surface area contributed by atoms with Gasteiger partial charge in [-0.2, -0.15) is 0 Å². The van der Waals surface area contributed by atoms with Crippen LogP contribution in [0.5, 0.6) is 5.75 Å². The van der Waals surface area contributed by atoms with E-state index in [1.165, 1.54) is 75.6 Å². The molecule has 2 aliphatic carbocycles. The molecule has 0 unspecified atom stereocenters. The Morgan fingerprint density at radius 3 is 2.71 bits per heavy atom. The molecule has 24 heavy (non-hydrogen) atoms. The molecule has 1 aromatic rings. The monoisotopic (exact) mass is 327 g/mol. The summed E-state index contributed by atoms with van der Waals surface area (Å²) in [6.45, 7) is 7.29. The normalized spacial score (nSPS) is 34.6. The Kier molecular flexibility index (Phi) is 4.36. The van der Waals surface area contributed by atoms with Crippen LogP contribution < -0.4 is 0 Å². The van der Waals surface area contributed by atoms with E-state index in [0.29, 0.717) is 17.2 Å². The molecule has 1 aliphatic heterocycles. The summed E-state index contributed by atoms with van der Waals surface area (Å²) in [6.07, 6.45) is 11.0. The Labute approximate surface area is 147 Å². The van der Waals surface area contributed by atoms with Crippen molar-refractivity contribution in [1.82, 2.24) is 4.90 Å². The summed E-state index contributed by atoms with van der Waals surface area (Å²) < 4.78 is 0. The van der Waals surface area contributed by atoms with Crippen LogP contribution in [-0.4, -0.2) is 29.1 Å². The van der Waals surface area contributed by atoms with Crippen molar-refractivity contribution in [3.63, 3.8) is 0 Å². The average Bonchev–Trinajstić information content (AvgIpc) is 2.55. The van der Waals surface area contributed by atoms with Crippen LogP contribution >= 0.6 is 0 Å². The summed E-state index contributed by atoms with van der Waals surface area (Å²) >= 11 is 0. The number of nitrogens with zero attached hydrogens (tertiary/aromatic N) is 1. The number of fused-ring (bicyclic) bond motifs is 1. The van der Waals surface area contributed by atoms with Gasteiger partial charge in [0.05, 0.1) is 0 Å². The van der Waals surface area contributed by atoms with E-state index in [1.807, 2.05) is 6.07 Å². The van der Waals surface area contributed by atoms with E-state index in [0.717, 1.165) is 11.8 Å². The van der Waals surface area contributed by atoms with Crippen LogP contribution in [-0.2, 0) is 5.41 Å². The van der Waals surface area contributed by atoms with Crippen LogP contribution in [0, 0.1) is 18.8 Å². The number of benzene rings is 1. The van der Waals surface area contributed by atoms with E-state index in [9.17, 15) is 5.11 Å². The molecule has 0 bridgehead atoms. The molecule has 132 valence electrons. The van der Waals surface area contributed by atoms with E-state index >= 15 is 0 Å². The molecule has 0 spiro atoms. The van der Waals surface area contributed by atoms with Gasteiger partial charge in [-0.25, -0.2) is 0 Å². The van der Waals surface area contributed by atoms with Gasteiger partial charge in [0, 0.05) is 18.0 Å². The second-order valence-electron chi connectivity index (χ2n) is 8.79. The zero-order valence-electron chi connectivity index (χ0n) is 15.4. The van der Waals surface area contributed by atoms with Crippen LogP contribution in [0.15, 0.2) is 18.2 Å². The molecular formula is C22H33NO. The standard InChI is InChI=1S/C22H33NO/c1-16-9-10-19(24)14-21(16)22-11-4-3-8-20(22)17(2)23(13-12-22)15-18-6-5-7-18/h9-10,14,17-18,20,24H,3-8,11-13,15H2,1-2H3/t17-,20+,22-/m1/s1. The first-order valence-corrected chi connectivity index (χ1v) is 10.1. The molecule has 1 heterocycles. The van der Waals surface area contributed by atoms with Gasteiger partial charge in [-0.05, 0) is 87.6 Å². The van der Waals surface area contributed by atoms with Crippen molar-refractivity contribution in [2.75, 3.05) is 13.1 Å². The third-order valence-corrected chi connectivity index (χ3v) is 7.58. The topological polar surface area (TPSA) is 23.5 Å². The number of aryl methyl sites for hydroxylation is 1. The zero-order chi connectivity index (χ0) is 16.7. The van der Waals surface area contributed by atoms with Crippen molar-refractivity contribution < 1.29 is 5.11 Å². The van der Waals surface area contributed by atoms with Gasteiger partial charge in [0.25, 0.3) is 0 Å². The van der Waals surface area contributed by atoms with Crippen LogP contribution in [0.25, 0.3) is 0 Å². The van der Waals surface area contributed by atoms with Crippen LogP contribution in [0.2, 0.25) is 0 Å². The highest BCUT2D eigenvalue weighted by molar-refractivity contribution is 5.41. The molecule has 4 rings (SSSR count). The minimum absolute atomic E-state index is 0.302. The lowest BCUT2D eigenvalue weighted by Gasteiger charge is -2.56. The lowest BCUT2D eigenvalue weighted by molar-refractivity contribution is -0.00658. The van der Waals surface area contributed by atoms with Crippen molar-refractivity contribution >= 4 is 0 Å². The van der Waals surface area contributed by atoms with E-state index < -0.39 is 0 Å². The smallest absolute Gasteiger partial charge is 0.115 e. The predicted octanol–water partition coefficient (Wildman–Crippen LogP) is 5.02. The summed E-state index contributed by atoms with van der Waals surface area (Å²) in [4.78, 5) is 2.80. The Bertz CT molecular complexity index is 594. The lowest BCUT2D eigenvalue weighted by Crippen LogP contribution is -2.57. The Hall–Kier alpha value is -1.02. The number of phenols is 1. The Morgan fingerprint density at radius 1 is 1.12 bits per heavy atom.